The SMILES string of the molecule is O=C(NCC1(CO)CC1)c1n[nH]c(=O)c2ccccc12. The van der Waals surface area contributed by atoms with E-state index in [1.54, 1.807) is 24.3 Å². The van der Waals surface area contributed by atoms with Crippen LogP contribution in [0.2, 0.25) is 0 Å². The zero-order valence-corrected chi connectivity index (χ0v) is 10.8. The van der Waals surface area contributed by atoms with Crippen LogP contribution in [0.5, 0.6) is 0 Å². The Morgan fingerprint density at radius 1 is 1.35 bits per heavy atom. The molecule has 1 aliphatic rings. The summed E-state index contributed by atoms with van der Waals surface area (Å²) < 4.78 is 0. The highest BCUT2D eigenvalue weighted by Crippen LogP contribution is 2.44. The molecule has 0 spiro atoms. The van der Waals surface area contributed by atoms with E-state index >= 15 is 0 Å². The lowest BCUT2D eigenvalue weighted by atomic mass is 10.1. The number of carbonyl (C=O) groups is 1. The van der Waals surface area contributed by atoms with E-state index in [0.29, 0.717) is 17.3 Å². The number of aromatic nitrogens is 2. The van der Waals surface area contributed by atoms with E-state index in [2.05, 4.69) is 15.5 Å². The van der Waals surface area contributed by atoms with Gasteiger partial charge < -0.3 is 10.4 Å². The predicted molar refractivity (Wildman–Crippen MR) is 73.4 cm³/mol. The zero-order chi connectivity index (χ0) is 14.2. The number of carbonyl (C=O) groups excluding carboxylic acids is 1. The lowest BCUT2D eigenvalue weighted by Gasteiger charge is -2.12. The van der Waals surface area contributed by atoms with E-state index in [4.69, 9.17) is 0 Å². The van der Waals surface area contributed by atoms with E-state index in [9.17, 15) is 14.7 Å². The third kappa shape index (κ3) is 2.18. The number of nitrogens with one attached hydrogen (secondary N) is 2. The van der Waals surface area contributed by atoms with E-state index in [0.717, 1.165) is 12.8 Å². The van der Waals surface area contributed by atoms with Crippen molar-refractivity contribution < 1.29 is 9.90 Å². The number of amides is 1. The van der Waals surface area contributed by atoms with Crippen molar-refractivity contribution >= 4 is 16.7 Å². The quantitative estimate of drug-likeness (QED) is 0.752. The first-order valence-corrected chi connectivity index (χ1v) is 6.52. The smallest absolute Gasteiger partial charge is 0.272 e. The fourth-order valence-corrected chi connectivity index (χ4v) is 2.21. The van der Waals surface area contributed by atoms with E-state index in [-0.39, 0.29) is 29.2 Å². The molecule has 6 nitrogen and oxygen atoms in total. The molecular weight excluding hydrogens is 258 g/mol. The number of hydrogen-bond acceptors (Lipinski definition) is 4. The molecule has 6 heteroatoms. The average Bonchev–Trinajstić information content (AvgIpc) is 3.26. The van der Waals surface area contributed by atoms with Gasteiger partial charge in [-0.05, 0) is 18.9 Å². The Morgan fingerprint density at radius 2 is 2.05 bits per heavy atom. The molecule has 1 aliphatic carbocycles. The molecule has 0 saturated heterocycles. The van der Waals surface area contributed by atoms with Gasteiger partial charge in [-0.25, -0.2) is 5.10 Å². The molecule has 0 radical (unpaired) electrons. The molecule has 0 unspecified atom stereocenters. The van der Waals surface area contributed by atoms with Gasteiger partial charge in [-0.2, -0.15) is 5.10 Å². The normalized spacial score (nSPS) is 16.1. The van der Waals surface area contributed by atoms with Gasteiger partial charge in [0.15, 0.2) is 5.69 Å². The minimum atomic E-state index is -0.336. The largest absolute Gasteiger partial charge is 0.396 e. The third-order valence-electron chi connectivity index (χ3n) is 3.83. The molecule has 1 aromatic carbocycles. The first-order valence-electron chi connectivity index (χ1n) is 6.52. The molecule has 0 atom stereocenters. The molecule has 1 amide bonds. The Kier molecular flexibility index (Phi) is 3.02. The number of aliphatic hydroxyl groups excluding tert-OH is 1. The van der Waals surface area contributed by atoms with Crippen LogP contribution in [-0.4, -0.2) is 34.4 Å². The molecule has 1 heterocycles. The minimum absolute atomic E-state index is 0.0765. The van der Waals surface area contributed by atoms with Crippen LogP contribution in [0, 0.1) is 5.41 Å². The number of aliphatic hydroxyl groups is 1. The number of benzene rings is 1. The van der Waals surface area contributed by atoms with E-state index in [1.807, 2.05) is 0 Å². The first-order chi connectivity index (χ1) is 9.65. The summed E-state index contributed by atoms with van der Waals surface area (Å²) in [6.07, 6.45) is 1.84. The molecule has 0 bridgehead atoms. The highest BCUT2D eigenvalue weighted by atomic mass is 16.3. The number of hydrogen-bond donors (Lipinski definition) is 3. The van der Waals surface area contributed by atoms with Crippen molar-refractivity contribution in [2.45, 2.75) is 12.8 Å². The summed E-state index contributed by atoms with van der Waals surface area (Å²) in [7, 11) is 0. The molecule has 104 valence electrons. The predicted octanol–water partition coefficient (Wildman–Crippen LogP) is 0.425. The van der Waals surface area contributed by atoms with Gasteiger partial charge in [0.2, 0.25) is 0 Å². The van der Waals surface area contributed by atoms with E-state index < -0.39 is 0 Å². The molecule has 1 aromatic heterocycles. The van der Waals surface area contributed by atoms with E-state index in [1.165, 1.54) is 0 Å². The highest BCUT2D eigenvalue weighted by molar-refractivity contribution is 6.04. The maximum absolute atomic E-state index is 12.2. The monoisotopic (exact) mass is 273 g/mol. The molecule has 3 N–H and O–H groups in total. The number of H-pyrrole nitrogens is 1. The lowest BCUT2D eigenvalue weighted by molar-refractivity contribution is 0.0931. The first kappa shape index (κ1) is 12.8. The summed E-state index contributed by atoms with van der Waals surface area (Å²) in [6, 6.07) is 6.86. The topological polar surface area (TPSA) is 95.1 Å². The van der Waals surface area contributed by atoms with Gasteiger partial charge in [-0.3, -0.25) is 9.59 Å². The van der Waals surface area contributed by atoms with Crippen molar-refractivity contribution in [3.05, 3.63) is 40.3 Å². The summed E-state index contributed by atoms with van der Waals surface area (Å²) >= 11 is 0. The Balaban J connectivity index is 1.88. The second-order valence-corrected chi connectivity index (χ2v) is 5.29. The Hall–Kier alpha value is -2.21. The minimum Gasteiger partial charge on any atom is -0.396 e. The van der Waals surface area contributed by atoms with Gasteiger partial charge >= 0.3 is 0 Å². The number of rotatable bonds is 4. The van der Waals surface area contributed by atoms with Crippen LogP contribution in [0.25, 0.3) is 10.8 Å². The summed E-state index contributed by atoms with van der Waals surface area (Å²) in [5.74, 6) is -0.336. The van der Waals surface area contributed by atoms with Crippen molar-refractivity contribution in [2.75, 3.05) is 13.2 Å². The molecule has 3 rings (SSSR count). The maximum atomic E-state index is 12.2. The van der Waals surface area contributed by atoms with Gasteiger partial charge in [0.1, 0.15) is 0 Å². The Morgan fingerprint density at radius 3 is 2.70 bits per heavy atom. The molecule has 2 aromatic rings. The second-order valence-electron chi connectivity index (χ2n) is 5.29. The summed E-state index contributed by atoms with van der Waals surface area (Å²) in [4.78, 5) is 23.8. The van der Waals surface area contributed by atoms with Crippen LogP contribution in [0.3, 0.4) is 0 Å². The number of aromatic amines is 1. The fourth-order valence-electron chi connectivity index (χ4n) is 2.21. The fraction of sp³-hybridized carbons (Fsp3) is 0.357. The highest BCUT2D eigenvalue weighted by Gasteiger charge is 2.42. The molecule has 20 heavy (non-hydrogen) atoms. The molecule has 1 saturated carbocycles. The van der Waals surface area contributed by atoms with Crippen LogP contribution in [0.1, 0.15) is 23.3 Å². The van der Waals surface area contributed by atoms with Crippen LogP contribution < -0.4 is 10.9 Å². The molecular formula is C14H15N3O3. The van der Waals surface area contributed by atoms with Crippen molar-refractivity contribution in [2.24, 2.45) is 5.41 Å². The van der Waals surface area contributed by atoms with Crippen molar-refractivity contribution in [1.29, 1.82) is 0 Å². The van der Waals surface area contributed by atoms with Crippen LogP contribution in [0.4, 0.5) is 0 Å². The van der Waals surface area contributed by atoms with Gasteiger partial charge in [0, 0.05) is 17.3 Å². The van der Waals surface area contributed by atoms with Gasteiger partial charge in [-0.1, -0.05) is 18.2 Å². The standard InChI is InChI=1S/C14H15N3O3/c18-8-14(5-6-14)7-15-13(20)11-9-3-1-2-4-10(9)12(19)17-16-11/h1-4,18H,5-8H2,(H,15,20)(H,17,19). The second kappa shape index (κ2) is 4.72. The van der Waals surface area contributed by atoms with Crippen molar-refractivity contribution in [3.8, 4) is 0 Å². The summed E-state index contributed by atoms with van der Waals surface area (Å²) in [5, 5.41) is 19.2. The number of nitrogens with zero attached hydrogens (tertiary/aromatic N) is 1. The van der Waals surface area contributed by atoms with Crippen LogP contribution >= 0.6 is 0 Å². The van der Waals surface area contributed by atoms with Gasteiger partial charge in [0.25, 0.3) is 11.5 Å². The molecule has 0 aliphatic heterocycles. The number of fused-ring (bicyclic) bond motifs is 1. The van der Waals surface area contributed by atoms with Crippen molar-refractivity contribution in [1.82, 2.24) is 15.5 Å². The van der Waals surface area contributed by atoms with Gasteiger partial charge in [0.05, 0.1) is 12.0 Å². The lowest BCUT2D eigenvalue weighted by Crippen LogP contribution is -2.33. The van der Waals surface area contributed by atoms with Gasteiger partial charge in [-0.15, -0.1) is 0 Å². The Labute approximate surface area is 114 Å². The average molecular weight is 273 g/mol. The summed E-state index contributed by atoms with van der Waals surface area (Å²) in [6.45, 7) is 0.505. The molecule has 1 fully saturated rings. The maximum Gasteiger partial charge on any atom is 0.272 e. The zero-order valence-electron chi connectivity index (χ0n) is 10.8. The van der Waals surface area contributed by atoms with Crippen LogP contribution in [0.15, 0.2) is 29.1 Å². The summed E-state index contributed by atoms with van der Waals surface area (Å²) in [5.41, 5.74) is -0.270. The third-order valence-corrected chi connectivity index (χ3v) is 3.83. The Bertz CT molecular complexity index is 719. The van der Waals surface area contributed by atoms with Crippen LogP contribution in [-0.2, 0) is 0 Å². The van der Waals surface area contributed by atoms with Crippen molar-refractivity contribution in [3.63, 3.8) is 0 Å².